The van der Waals surface area contributed by atoms with Crippen LogP contribution >= 0.6 is 0 Å². The zero-order valence-corrected chi connectivity index (χ0v) is 8.16. The second-order valence-corrected chi connectivity index (χ2v) is 3.09. The predicted molar refractivity (Wildman–Crippen MR) is 48.8 cm³/mol. The number of carboxylic acids is 2. The van der Waals surface area contributed by atoms with E-state index in [1.807, 2.05) is 0 Å². The van der Waals surface area contributed by atoms with Gasteiger partial charge in [0.25, 0.3) is 0 Å². The molecule has 0 saturated carbocycles. The third kappa shape index (κ3) is 1.26. The van der Waals surface area contributed by atoms with Gasteiger partial charge in [-0.2, -0.15) is 0 Å². The molecule has 0 aliphatic rings. The SMILES string of the molecule is Cc1c(C(=O)O)c(C(=O)O)c(C)n1C. The zero-order chi connectivity index (χ0) is 11.0. The highest BCUT2D eigenvalue weighted by molar-refractivity contribution is 6.03. The topological polar surface area (TPSA) is 79.5 Å². The Hall–Kier alpha value is -1.78. The largest absolute Gasteiger partial charge is 0.478 e. The second kappa shape index (κ2) is 3.17. The number of hydrogen-bond acceptors (Lipinski definition) is 2. The molecule has 0 aromatic carbocycles. The summed E-state index contributed by atoms with van der Waals surface area (Å²) in [5.74, 6) is -2.41. The second-order valence-electron chi connectivity index (χ2n) is 3.09. The van der Waals surface area contributed by atoms with Gasteiger partial charge in [-0.3, -0.25) is 0 Å². The molecule has 0 aliphatic carbocycles. The first-order valence-corrected chi connectivity index (χ1v) is 4.00. The maximum atomic E-state index is 10.8. The first kappa shape index (κ1) is 10.3. The molecule has 1 rings (SSSR count). The molecule has 0 spiro atoms. The van der Waals surface area contributed by atoms with Gasteiger partial charge in [-0.15, -0.1) is 0 Å². The molecule has 0 saturated heterocycles. The highest BCUT2D eigenvalue weighted by atomic mass is 16.4. The van der Waals surface area contributed by atoms with Crippen molar-refractivity contribution >= 4 is 11.9 Å². The molecular weight excluding hydrogens is 186 g/mol. The molecular formula is C9H11NO4. The Balaban J connectivity index is 3.62. The van der Waals surface area contributed by atoms with Crippen molar-refractivity contribution in [3.05, 3.63) is 22.5 Å². The van der Waals surface area contributed by atoms with Gasteiger partial charge in [-0.1, -0.05) is 0 Å². The smallest absolute Gasteiger partial charge is 0.338 e. The Morgan fingerprint density at radius 1 is 1.00 bits per heavy atom. The van der Waals surface area contributed by atoms with Crippen LogP contribution in [-0.2, 0) is 7.05 Å². The summed E-state index contributed by atoms with van der Waals surface area (Å²) in [6.45, 7) is 3.17. The summed E-state index contributed by atoms with van der Waals surface area (Å²) in [7, 11) is 1.64. The van der Waals surface area contributed by atoms with E-state index < -0.39 is 11.9 Å². The van der Waals surface area contributed by atoms with Crippen molar-refractivity contribution in [1.29, 1.82) is 0 Å². The number of carboxylic acid groups (broad SMARTS) is 2. The minimum absolute atomic E-state index is 0.127. The Kier molecular flexibility index (Phi) is 2.33. The van der Waals surface area contributed by atoms with Gasteiger partial charge in [-0.05, 0) is 13.8 Å². The van der Waals surface area contributed by atoms with Crippen molar-refractivity contribution in [2.45, 2.75) is 13.8 Å². The quantitative estimate of drug-likeness (QED) is 0.742. The van der Waals surface area contributed by atoms with Crippen LogP contribution in [0, 0.1) is 13.8 Å². The minimum atomic E-state index is -1.20. The van der Waals surface area contributed by atoms with Gasteiger partial charge in [0, 0.05) is 18.4 Å². The number of rotatable bonds is 2. The van der Waals surface area contributed by atoms with Gasteiger partial charge in [0.15, 0.2) is 0 Å². The highest BCUT2D eigenvalue weighted by Gasteiger charge is 2.25. The van der Waals surface area contributed by atoms with E-state index in [1.54, 1.807) is 25.5 Å². The average Bonchev–Trinajstić information content (AvgIpc) is 2.29. The van der Waals surface area contributed by atoms with Gasteiger partial charge >= 0.3 is 11.9 Å². The minimum Gasteiger partial charge on any atom is -0.478 e. The molecule has 0 radical (unpaired) electrons. The van der Waals surface area contributed by atoms with Crippen LogP contribution in [0.4, 0.5) is 0 Å². The van der Waals surface area contributed by atoms with Gasteiger partial charge in [0.2, 0.25) is 0 Å². The van der Waals surface area contributed by atoms with Crippen molar-refractivity contribution in [2.24, 2.45) is 7.05 Å². The fourth-order valence-corrected chi connectivity index (χ4v) is 1.47. The molecule has 1 aromatic rings. The van der Waals surface area contributed by atoms with Crippen LogP contribution in [0.15, 0.2) is 0 Å². The molecule has 2 N–H and O–H groups in total. The summed E-state index contributed by atoms with van der Waals surface area (Å²) < 4.78 is 1.56. The zero-order valence-electron chi connectivity index (χ0n) is 8.16. The molecule has 14 heavy (non-hydrogen) atoms. The maximum absolute atomic E-state index is 10.8. The molecule has 0 bridgehead atoms. The highest BCUT2D eigenvalue weighted by Crippen LogP contribution is 2.21. The fourth-order valence-electron chi connectivity index (χ4n) is 1.47. The monoisotopic (exact) mass is 197 g/mol. The number of nitrogens with zero attached hydrogens (tertiary/aromatic N) is 1. The van der Waals surface area contributed by atoms with E-state index in [-0.39, 0.29) is 11.1 Å². The van der Waals surface area contributed by atoms with E-state index in [1.165, 1.54) is 0 Å². The molecule has 0 atom stereocenters. The summed E-state index contributed by atoms with van der Waals surface area (Å²) >= 11 is 0. The predicted octanol–water partition coefficient (Wildman–Crippen LogP) is 1.04. The lowest BCUT2D eigenvalue weighted by atomic mass is 10.1. The Bertz CT molecular complexity index is 379. The number of carbonyl (C=O) groups is 2. The van der Waals surface area contributed by atoms with Gasteiger partial charge < -0.3 is 14.8 Å². The lowest BCUT2D eigenvalue weighted by Gasteiger charge is -1.98. The summed E-state index contributed by atoms with van der Waals surface area (Å²) in [6.07, 6.45) is 0. The van der Waals surface area contributed by atoms with Crippen molar-refractivity contribution in [3.63, 3.8) is 0 Å². The van der Waals surface area contributed by atoms with Crippen LogP contribution in [-0.4, -0.2) is 26.7 Å². The van der Waals surface area contributed by atoms with Gasteiger partial charge in [0.1, 0.15) is 0 Å². The summed E-state index contributed by atoms with van der Waals surface area (Å²) in [5.41, 5.74) is 0.648. The van der Waals surface area contributed by atoms with Crippen molar-refractivity contribution in [2.75, 3.05) is 0 Å². The van der Waals surface area contributed by atoms with E-state index in [9.17, 15) is 9.59 Å². The number of aromatic carboxylic acids is 2. The van der Waals surface area contributed by atoms with E-state index in [2.05, 4.69) is 0 Å². The van der Waals surface area contributed by atoms with Crippen LogP contribution in [0.25, 0.3) is 0 Å². The number of hydrogen-bond donors (Lipinski definition) is 2. The first-order valence-electron chi connectivity index (χ1n) is 4.00. The van der Waals surface area contributed by atoms with E-state index in [0.717, 1.165) is 0 Å². The van der Waals surface area contributed by atoms with Crippen LogP contribution in [0.5, 0.6) is 0 Å². The van der Waals surface area contributed by atoms with Crippen molar-refractivity contribution < 1.29 is 19.8 Å². The van der Waals surface area contributed by atoms with Gasteiger partial charge in [0.05, 0.1) is 11.1 Å². The Labute approximate surface area is 80.6 Å². The van der Waals surface area contributed by atoms with E-state index in [4.69, 9.17) is 10.2 Å². The average molecular weight is 197 g/mol. The normalized spacial score (nSPS) is 10.2. The summed E-state index contributed by atoms with van der Waals surface area (Å²) in [5, 5.41) is 17.7. The van der Waals surface area contributed by atoms with Crippen molar-refractivity contribution in [1.82, 2.24) is 4.57 Å². The molecule has 5 heteroatoms. The lowest BCUT2D eigenvalue weighted by Crippen LogP contribution is -2.07. The van der Waals surface area contributed by atoms with E-state index >= 15 is 0 Å². The number of aromatic nitrogens is 1. The summed E-state index contributed by atoms with van der Waals surface area (Å²) in [6, 6.07) is 0. The van der Waals surface area contributed by atoms with E-state index in [0.29, 0.717) is 11.4 Å². The van der Waals surface area contributed by atoms with Crippen LogP contribution in [0.2, 0.25) is 0 Å². The van der Waals surface area contributed by atoms with Crippen LogP contribution < -0.4 is 0 Å². The Morgan fingerprint density at radius 2 is 1.29 bits per heavy atom. The van der Waals surface area contributed by atoms with Crippen molar-refractivity contribution in [3.8, 4) is 0 Å². The van der Waals surface area contributed by atoms with Crippen LogP contribution in [0.1, 0.15) is 32.1 Å². The van der Waals surface area contributed by atoms with Gasteiger partial charge in [-0.25, -0.2) is 9.59 Å². The van der Waals surface area contributed by atoms with Crippen LogP contribution in [0.3, 0.4) is 0 Å². The molecule has 5 nitrogen and oxygen atoms in total. The standard InChI is InChI=1S/C9H11NO4/c1-4-6(8(11)12)7(9(13)14)5(2)10(4)3/h1-3H3,(H,11,12)(H,13,14). The molecule has 0 aliphatic heterocycles. The molecule has 1 heterocycles. The molecule has 0 fully saturated rings. The lowest BCUT2D eigenvalue weighted by molar-refractivity contribution is 0.0651. The first-order chi connectivity index (χ1) is 6.37. The molecule has 76 valence electrons. The fraction of sp³-hybridized carbons (Fsp3) is 0.333. The Morgan fingerprint density at radius 3 is 1.50 bits per heavy atom. The third-order valence-electron chi connectivity index (χ3n) is 2.41. The summed E-state index contributed by atoms with van der Waals surface area (Å²) in [4.78, 5) is 21.7. The molecule has 1 aromatic heterocycles. The maximum Gasteiger partial charge on any atom is 0.338 e. The third-order valence-corrected chi connectivity index (χ3v) is 2.41. The molecule has 0 unspecified atom stereocenters. The molecule has 0 amide bonds.